The molecule has 92 valence electrons. The molecular weight excluding hydrogens is 250 g/mol. The first kappa shape index (κ1) is 12.5. The molecule has 1 heterocycles. The molecule has 0 aliphatic rings. The second-order valence-electron chi connectivity index (χ2n) is 3.86. The van der Waals surface area contributed by atoms with Gasteiger partial charge in [-0.1, -0.05) is 23.7 Å². The number of carbonyl (C=O) groups is 1. The molecule has 0 aliphatic carbocycles. The first-order valence-electron chi connectivity index (χ1n) is 5.46. The molecule has 0 atom stereocenters. The van der Waals surface area contributed by atoms with Crippen LogP contribution in [0.3, 0.4) is 0 Å². The van der Waals surface area contributed by atoms with E-state index in [2.05, 4.69) is 15.3 Å². The van der Waals surface area contributed by atoms with Crippen molar-refractivity contribution in [1.29, 1.82) is 0 Å². The molecule has 0 fully saturated rings. The van der Waals surface area contributed by atoms with Crippen LogP contribution in [0.25, 0.3) is 0 Å². The fraction of sp³-hybridized carbons (Fsp3) is 0.154. The third-order valence-corrected chi connectivity index (χ3v) is 2.59. The van der Waals surface area contributed by atoms with E-state index in [-0.39, 0.29) is 5.91 Å². The Morgan fingerprint density at radius 1 is 1.33 bits per heavy atom. The maximum absolute atomic E-state index is 11.8. The summed E-state index contributed by atoms with van der Waals surface area (Å²) in [5, 5.41) is 3.41. The molecule has 0 bridgehead atoms. The van der Waals surface area contributed by atoms with Gasteiger partial charge in [0.2, 0.25) is 0 Å². The first-order chi connectivity index (χ1) is 8.65. The van der Waals surface area contributed by atoms with Gasteiger partial charge in [0.1, 0.15) is 5.69 Å². The Bertz CT molecular complexity index is 554. The zero-order valence-electron chi connectivity index (χ0n) is 9.85. The van der Waals surface area contributed by atoms with E-state index < -0.39 is 0 Å². The van der Waals surface area contributed by atoms with Gasteiger partial charge in [0.05, 0.1) is 11.9 Å². The van der Waals surface area contributed by atoms with E-state index in [1.54, 1.807) is 12.3 Å². The van der Waals surface area contributed by atoms with Crippen molar-refractivity contribution in [3.05, 3.63) is 58.6 Å². The number of hydrogen-bond acceptors (Lipinski definition) is 3. The number of halogens is 1. The van der Waals surface area contributed by atoms with Crippen LogP contribution in [-0.4, -0.2) is 15.9 Å². The van der Waals surface area contributed by atoms with Crippen LogP contribution in [-0.2, 0) is 6.54 Å². The van der Waals surface area contributed by atoms with Crippen LogP contribution < -0.4 is 5.32 Å². The number of hydrogen-bond donors (Lipinski definition) is 1. The van der Waals surface area contributed by atoms with Gasteiger partial charge in [-0.2, -0.15) is 0 Å². The lowest BCUT2D eigenvalue weighted by atomic mass is 10.2. The minimum atomic E-state index is -0.248. The maximum atomic E-state index is 11.8. The van der Waals surface area contributed by atoms with Gasteiger partial charge in [0.15, 0.2) is 0 Å². The quantitative estimate of drug-likeness (QED) is 0.923. The third kappa shape index (κ3) is 3.28. The highest BCUT2D eigenvalue weighted by molar-refractivity contribution is 6.30. The largest absolute Gasteiger partial charge is 0.347 e. The number of aryl methyl sites for hydroxylation is 1. The lowest BCUT2D eigenvalue weighted by Crippen LogP contribution is -2.24. The normalized spacial score (nSPS) is 10.1. The second kappa shape index (κ2) is 5.60. The van der Waals surface area contributed by atoms with E-state index in [1.807, 2.05) is 25.1 Å². The molecule has 1 N–H and O–H groups in total. The average Bonchev–Trinajstić information content (AvgIpc) is 2.37. The van der Waals surface area contributed by atoms with Gasteiger partial charge < -0.3 is 5.32 Å². The van der Waals surface area contributed by atoms with Crippen molar-refractivity contribution >= 4 is 17.5 Å². The van der Waals surface area contributed by atoms with Gasteiger partial charge in [-0.25, -0.2) is 4.98 Å². The van der Waals surface area contributed by atoms with E-state index in [1.165, 1.54) is 6.20 Å². The smallest absolute Gasteiger partial charge is 0.271 e. The van der Waals surface area contributed by atoms with E-state index in [0.717, 1.165) is 11.3 Å². The van der Waals surface area contributed by atoms with Gasteiger partial charge in [-0.3, -0.25) is 9.78 Å². The number of rotatable bonds is 3. The first-order valence-corrected chi connectivity index (χ1v) is 5.84. The van der Waals surface area contributed by atoms with Crippen LogP contribution in [0.1, 0.15) is 21.7 Å². The molecule has 1 aromatic heterocycles. The van der Waals surface area contributed by atoms with E-state index in [4.69, 9.17) is 11.6 Å². The molecule has 4 nitrogen and oxygen atoms in total. The number of nitrogens with one attached hydrogen (secondary N) is 1. The number of carbonyl (C=O) groups excluding carboxylic acids is 1. The predicted octanol–water partition coefficient (Wildman–Crippen LogP) is 2.37. The molecule has 2 aromatic rings. The molecule has 18 heavy (non-hydrogen) atoms. The standard InChI is InChI=1S/C13H12ClN3O/c1-9-6-16-12(8-15-9)13(18)17-7-10-3-2-4-11(14)5-10/h2-6,8H,7H2,1H3,(H,17,18). The number of amides is 1. The molecule has 0 aliphatic heterocycles. The molecule has 1 amide bonds. The summed E-state index contributed by atoms with van der Waals surface area (Å²) in [5.74, 6) is -0.248. The fourth-order valence-corrected chi connectivity index (χ4v) is 1.64. The number of aromatic nitrogens is 2. The third-order valence-electron chi connectivity index (χ3n) is 2.36. The molecule has 2 rings (SSSR count). The van der Waals surface area contributed by atoms with Crippen LogP contribution >= 0.6 is 11.6 Å². The summed E-state index contributed by atoms with van der Waals surface area (Å²) in [6.45, 7) is 2.23. The summed E-state index contributed by atoms with van der Waals surface area (Å²) in [5.41, 5.74) is 2.03. The maximum Gasteiger partial charge on any atom is 0.271 e. The van der Waals surface area contributed by atoms with Crippen molar-refractivity contribution in [3.8, 4) is 0 Å². The molecule has 0 radical (unpaired) electrons. The van der Waals surface area contributed by atoms with Gasteiger partial charge in [0.25, 0.3) is 5.91 Å². The molecule has 0 spiro atoms. The number of benzene rings is 1. The van der Waals surface area contributed by atoms with Crippen LogP contribution in [0.5, 0.6) is 0 Å². The molecule has 0 saturated heterocycles. The Labute approximate surface area is 110 Å². The van der Waals surface area contributed by atoms with Crippen molar-refractivity contribution in [2.75, 3.05) is 0 Å². The van der Waals surface area contributed by atoms with Crippen LogP contribution in [0.15, 0.2) is 36.7 Å². The Balaban J connectivity index is 1.98. The van der Waals surface area contributed by atoms with Crippen LogP contribution in [0, 0.1) is 6.92 Å². The van der Waals surface area contributed by atoms with Crippen molar-refractivity contribution in [1.82, 2.24) is 15.3 Å². The summed E-state index contributed by atoms with van der Waals surface area (Å²) in [7, 11) is 0. The molecule has 1 aromatic carbocycles. The SMILES string of the molecule is Cc1cnc(C(=O)NCc2cccc(Cl)c2)cn1. The summed E-state index contributed by atoms with van der Waals surface area (Å²) in [6.07, 6.45) is 3.02. The van der Waals surface area contributed by atoms with E-state index in [0.29, 0.717) is 17.3 Å². The highest BCUT2D eigenvalue weighted by Crippen LogP contribution is 2.10. The fourth-order valence-electron chi connectivity index (χ4n) is 1.43. The molecule has 0 saturated carbocycles. The van der Waals surface area contributed by atoms with Gasteiger partial charge in [-0.05, 0) is 24.6 Å². The van der Waals surface area contributed by atoms with Crippen molar-refractivity contribution in [2.24, 2.45) is 0 Å². The summed E-state index contributed by atoms with van der Waals surface area (Å²) < 4.78 is 0. The summed E-state index contributed by atoms with van der Waals surface area (Å²) in [4.78, 5) is 19.8. The van der Waals surface area contributed by atoms with Crippen LogP contribution in [0.2, 0.25) is 5.02 Å². The zero-order valence-corrected chi connectivity index (χ0v) is 10.6. The predicted molar refractivity (Wildman–Crippen MR) is 69.4 cm³/mol. The molecule has 5 heteroatoms. The minimum absolute atomic E-state index is 0.248. The Morgan fingerprint density at radius 3 is 2.83 bits per heavy atom. The highest BCUT2D eigenvalue weighted by atomic mass is 35.5. The van der Waals surface area contributed by atoms with Crippen LogP contribution in [0.4, 0.5) is 0 Å². The lowest BCUT2D eigenvalue weighted by Gasteiger charge is -2.05. The summed E-state index contributed by atoms with van der Waals surface area (Å²) in [6, 6.07) is 7.34. The van der Waals surface area contributed by atoms with Crippen molar-refractivity contribution < 1.29 is 4.79 Å². The van der Waals surface area contributed by atoms with Crippen molar-refractivity contribution in [2.45, 2.75) is 13.5 Å². The lowest BCUT2D eigenvalue weighted by molar-refractivity contribution is 0.0945. The van der Waals surface area contributed by atoms with Gasteiger partial charge >= 0.3 is 0 Å². The summed E-state index contributed by atoms with van der Waals surface area (Å²) >= 11 is 5.86. The second-order valence-corrected chi connectivity index (χ2v) is 4.29. The van der Waals surface area contributed by atoms with Gasteiger partial charge in [-0.15, -0.1) is 0 Å². The van der Waals surface area contributed by atoms with E-state index in [9.17, 15) is 4.79 Å². The Hall–Kier alpha value is -1.94. The minimum Gasteiger partial charge on any atom is -0.347 e. The van der Waals surface area contributed by atoms with Gasteiger partial charge in [0, 0.05) is 17.8 Å². The van der Waals surface area contributed by atoms with E-state index >= 15 is 0 Å². The Morgan fingerprint density at radius 2 is 2.17 bits per heavy atom. The zero-order chi connectivity index (χ0) is 13.0. The number of nitrogens with zero attached hydrogens (tertiary/aromatic N) is 2. The topological polar surface area (TPSA) is 54.9 Å². The monoisotopic (exact) mass is 261 g/mol. The Kier molecular flexibility index (Phi) is 3.89. The molecular formula is C13H12ClN3O. The average molecular weight is 262 g/mol. The van der Waals surface area contributed by atoms with Crippen molar-refractivity contribution in [3.63, 3.8) is 0 Å². The molecule has 0 unspecified atom stereocenters. The highest BCUT2D eigenvalue weighted by Gasteiger charge is 2.06.